The summed E-state index contributed by atoms with van der Waals surface area (Å²) in [5, 5.41) is 10.4. The normalized spacial score (nSPS) is 33.7. The van der Waals surface area contributed by atoms with Crippen molar-refractivity contribution in [1.29, 1.82) is 0 Å². The number of aryl methyl sites for hydroxylation is 1. The molecule has 3 aliphatic rings. The van der Waals surface area contributed by atoms with Crippen LogP contribution in [0.15, 0.2) is 6.07 Å². The van der Waals surface area contributed by atoms with Crippen LogP contribution in [0.25, 0.3) is 0 Å². The van der Waals surface area contributed by atoms with Gasteiger partial charge in [0.1, 0.15) is 17.1 Å². The predicted octanol–water partition coefficient (Wildman–Crippen LogP) is 4.64. The molecule has 2 aliphatic carbocycles. The zero-order valence-electron chi connectivity index (χ0n) is 12.5. The van der Waals surface area contributed by atoms with Gasteiger partial charge < -0.3 is 9.84 Å². The van der Waals surface area contributed by atoms with Gasteiger partial charge in [-0.3, -0.25) is 0 Å². The van der Waals surface area contributed by atoms with E-state index >= 15 is 0 Å². The number of benzene rings is 1. The molecular formula is C18H24O2. The molecule has 4 rings (SSSR count). The highest BCUT2D eigenvalue weighted by Crippen LogP contribution is 2.60. The van der Waals surface area contributed by atoms with Crippen molar-refractivity contribution < 1.29 is 9.84 Å². The van der Waals surface area contributed by atoms with Crippen LogP contribution in [-0.4, -0.2) is 10.7 Å². The van der Waals surface area contributed by atoms with Gasteiger partial charge in [-0.25, -0.2) is 0 Å². The molecular weight excluding hydrogens is 248 g/mol. The van der Waals surface area contributed by atoms with Crippen molar-refractivity contribution in [1.82, 2.24) is 0 Å². The van der Waals surface area contributed by atoms with E-state index in [1.807, 2.05) is 6.07 Å². The van der Waals surface area contributed by atoms with Gasteiger partial charge in [-0.05, 0) is 68.9 Å². The van der Waals surface area contributed by atoms with E-state index in [1.54, 1.807) is 0 Å². The van der Waals surface area contributed by atoms with Gasteiger partial charge in [0.05, 0.1) is 0 Å². The first-order valence-electron chi connectivity index (χ1n) is 8.19. The molecule has 3 atom stereocenters. The molecule has 0 spiro atoms. The first-order chi connectivity index (χ1) is 9.61. The smallest absolute Gasteiger partial charge is 0.127 e. The highest BCUT2D eigenvalue weighted by atomic mass is 16.5. The van der Waals surface area contributed by atoms with Gasteiger partial charge in [0, 0.05) is 11.1 Å². The highest BCUT2D eigenvalue weighted by molar-refractivity contribution is 5.60. The summed E-state index contributed by atoms with van der Waals surface area (Å²) in [5.74, 6) is 2.91. The number of fused-ring (bicyclic) bond motifs is 7. The Hall–Kier alpha value is -1.18. The van der Waals surface area contributed by atoms with Crippen LogP contribution in [0, 0.1) is 0 Å². The van der Waals surface area contributed by atoms with Crippen molar-refractivity contribution in [2.75, 3.05) is 0 Å². The largest absolute Gasteiger partial charge is 0.508 e. The second kappa shape index (κ2) is 4.16. The fourth-order valence-electron chi connectivity index (χ4n) is 4.79. The average molecular weight is 272 g/mol. The Morgan fingerprint density at radius 1 is 1.30 bits per heavy atom. The SMILES string of the molecule is CCC[C@@]1(C)CCc2cc(O)c3c(c2O1)[C@@H]1CC[C@H]3C1. The van der Waals surface area contributed by atoms with Crippen molar-refractivity contribution in [2.45, 2.75) is 76.2 Å². The Kier molecular flexibility index (Phi) is 2.61. The lowest BCUT2D eigenvalue weighted by Crippen LogP contribution is -2.36. The molecule has 2 nitrogen and oxygen atoms in total. The molecule has 0 unspecified atom stereocenters. The van der Waals surface area contributed by atoms with Crippen LogP contribution < -0.4 is 4.74 Å². The van der Waals surface area contributed by atoms with Gasteiger partial charge in [-0.2, -0.15) is 0 Å². The summed E-state index contributed by atoms with van der Waals surface area (Å²) in [4.78, 5) is 0. The minimum absolute atomic E-state index is 0.00563. The van der Waals surface area contributed by atoms with Gasteiger partial charge in [-0.15, -0.1) is 0 Å². The Bertz CT molecular complexity index is 563. The quantitative estimate of drug-likeness (QED) is 0.849. The summed E-state index contributed by atoms with van der Waals surface area (Å²) in [5.41, 5.74) is 3.83. The van der Waals surface area contributed by atoms with Crippen LogP contribution in [-0.2, 0) is 6.42 Å². The average Bonchev–Trinajstić information content (AvgIpc) is 3.01. The van der Waals surface area contributed by atoms with Crippen LogP contribution in [0.5, 0.6) is 11.5 Å². The van der Waals surface area contributed by atoms with Crippen molar-refractivity contribution in [3.63, 3.8) is 0 Å². The van der Waals surface area contributed by atoms with E-state index < -0.39 is 0 Å². The summed E-state index contributed by atoms with van der Waals surface area (Å²) < 4.78 is 6.50. The van der Waals surface area contributed by atoms with E-state index in [0.717, 1.165) is 31.4 Å². The van der Waals surface area contributed by atoms with Crippen LogP contribution in [0.4, 0.5) is 0 Å². The van der Waals surface area contributed by atoms with Gasteiger partial charge in [-0.1, -0.05) is 13.3 Å². The second-order valence-electron chi connectivity index (χ2n) is 7.22. The van der Waals surface area contributed by atoms with E-state index in [-0.39, 0.29) is 5.60 Å². The Morgan fingerprint density at radius 2 is 2.05 bits per heavy atom. The molecule has 1 N–H and O–H groups in total. The van der Waals surface area contributed by atoms with Crippen LogP contribution >= 0.6 is 0 Å². The minimum atomic E-state index is -0.00563. The van der Waals surface area contributed by atoms with Gasteiger partial charge >= 0.3 is 0 Å². The molecule has 0 amide bonds. The van der Waals surface area contributed by atoms with Crippen molar-refractivity contribution in [3.8, 4) is 11.5 Å². The molecule has 1 aromatic rings. The fraction of sp³-hybridized carbons (Fsp3) is 0.667. The summed E-state index contributed by atoms with van der Waals surface area (Å²) in [6, 6.07) is 1.99. The molecule has 1 fully saturated rings. The van der Waals surface area contributed by atoms with E-state index in [4.69, 9.17) is 4.74 Å². The molecule has 1 aromatic carbocycles. The fourth-order valence-corrected chi connectivity index (χ4v) is 4.79. The summed E-state index contributed by atoms with van der Waals surface area (Å²) in [6.07, 6.45) is 8.16. The molecule has 1 saturated carbocycles. The van der Waals surface area contributed by atoms with Gasteiger partial charge in [0.15, 0.2) is 0 Å². The molecule has 2 bridgehead atoms. The second-order valence-corrected chi connectivity index (χ2v) is 7.22. The minimum Gasteiger partial charge on any atom is -0.508 e. The zero-order chi connectivity index (χ0) is 13.9. The summed E-state index contributed by atoms with van der Waals surface area (Å²) in [6.45, 7) is 4.49. The van der Waals surface area contributed by atoms with Crippen LogP contribution in [0.2, 0.25) is 0 Å². The first kappa shape index (κ1) is 12.6. The zero-order valence-corrected chi connectivity index (χ0v) is 12.5. The standard InChI is InChI=1S/C18H24O2/c1-3-7-18(2)8-6-13-10-14(19)15-11-4-5-12(9-11)16(15)17(13)20-18/h10-12,19H,3-9H2,1-2H3/t11-,12+,18-/m0/s1. The third-order valence-electron chi connectivity index (χ3n) is 5.71. The Labute approximate surface area is 121 Å². The summed E-state index contributed by atoms with van der Waals surface area (Å²) in [7, 11) is 0. The lowest BCUT2D eigenvalue weighted by molar-refractivity contribution is 0.0537. The predicted molar refractivity (Wildman–Crippen MR) is 79.7 cm³/mol. The number of phenolic OH excluding ortho intramolecular Hbond substituents is 1. The molecule has 0 radical (unpaired) electrons. The van der Waals surface area contributed by atoms with Gasteiger partial charge in [0.2, 0.25) is 0 Å². The molecule has 0 saturated heterocycles. The maximum atomic E-state index is 10.4. The lowest BCUT2D eigenvalue weighted by atomic mass is 9.83. The Morgan fingerprint density at radius 3 is 2.80 bits per heavy atom. The maximum absolute atomic E-state index is 10.4. The number of aromatic hydroxyl groups is 1. The Balaban J connectivity index is 1.82. The lowest BCUT2D eigenvalue weighted by Gasteiger charge is -2.38. The van der Waals surface area contributed by atoms with Crippen molar-refractivity contribution in [2.24, 2.45) is 0 Å². The third kappa shape index (κ3) is 1.63. The number of ether oxygens (including phenoxy) is 1. The molecule has 108 valence electrons. The highest BCUT2D eigenvalue weighted by Gasteiger charge is 2.44. The number of hydrogen-bond donors (Lipinski definition) is 1. The molecule has 20 heavy (non-hydrogen) atoms. The number of hydrogen-bond acceptors (Lipinski definition) is 2. The van der Waals surface area contributed by atoms with E-state index in [1.165, 1.54) is 36.0 Å². The molecule has 1 heterocycles. The van der Waals surface area contributed by atoms with Crippen molar-refractivity contribution >= 4 is 0 Å². The third-order valence-corrected chi connectivity index (χ3v) is 5.71. The number of rotatable bonds is 2. The van der Waals surface area contributed by atoms with Gasteiger partial charge in [0.25, 0.3) is 0 Å². The summed E-state index contributed by atoms with van der Waals surface area (Å²) >= 11 is 0. The molecule has 0 aromatic heterocycles. The monoisotopic (exact) mass is 272 g/mol. The topological polar surface area (TPSA) is 29.5 Å². The van der Waals surface area contributed by atoms with Crippen LogP contribution in [0.1, 0.15) is 80.9 Å². The molecule has 2 heteroatoms. The van der Waals surface area contributed by atoms with E-state index in [9.17, 15) is 5.11 Å². The van der Waals surface area contributed by atoms with Crippen molar-refractivity contribution in [3.05, 3.63) is 22.8 Å². The van der Waals surface area contributed by atoms with E-state index in [0.29, 0.717) is 17.6 Å². The van der Waals surface area contributed by atoms with Crippen LogP contribution in [0.3, 0.4) is 0 Å². The number of phenols is 1. The first-order valence-corrected chi connectivity index (χ1v) is 8.19. The maximum Gasteiger partial charge on any atom is 0.127 e. The van der Waals surface area contributed by atoms with E-state index in [2.05, 4.69) is 13.8 Å². The molecule has 1 aliphatic heterocycles.